The molecule has 0 atom stereocenters. The molecule has 2 heterocycles. The highest BCUT2D eigenvalue weighted by Crippen LogP contribution is 2.28. The topological polar surface area (TPSA) is 66.5 Å². The van der Waals surface area contributed by atoms with Gasteiger partial charge in [-0.15, -0.1) is 11.3 Å². The summed E-state index contributed by atoms with van der Waals surface area (Å²) in [4.78, 5) is 14.1. The third kappa shape index (κ3) is 3.99. The van der Waals surface area contributed by atoms with Crippen molar-refractivity contribution < 1.29 is 13.2 Å². The van der Waals surface area contributed by atoms with Crippen LogP contribution in [0, 0.1) is 13.8 Å². The van der Waals surface area contributed by atoms with Crippen molar-refractivity contribution in [3.63, 3.8) is 0 Å². The summed E-state index contributed by atoms with van der Waals surface area (Å²) in [6.45, 7) is 4.71. The summed E-state index contributed by atoms with van der Waals surface area (Å²) in [7, 11) is -3.67. The smallest absolute Gasteiger partial charge is 0.255 e. The number of benzene rings is 2. The number of nitrogens with zero attached hydrogens (tertiary/aromatic N) is 1. The van der Waals surface area contributed by atoms with E-state index in [0.717, 1.165) is 28.8 Å². The fourth-order valence-electron chi connectivity index (χ4n) is 3.44. The van der Waals surface area contributed by atoms with Crippen LogP contribution in [0.3, 0.4) is 0 Å². The average molecular weight is 427 g/mol. The summed E-state index contributed by atoms with van der Waals surface area (Å²) in [5.74, 6) is -0.325. The summed E-state index contributed by atoms with van der Waals surface area (Å²) in [6.07, 6.45) is 0.721. The standard InChI is InChI=1S/C22H22N2O3S2/c1-15-6-7-16(2)20(12-15)23-22(25)17-4-3-5-19(13-17)29(26,27)24-10-8-21-18(14-24)9-11-28-21/h3-7,9,11-13H,8,10,14H2,1-2H3,(H,23,25). The lowest BCUT2D eigenvalue weighted by Crippen LogP contribution is -2.35. The molecule has 4 rings (SSSR count). The molecule has 1 amide bonds. The number of nitrogens with one attached hydrogen (secondary N) is 1. The molecule has 5 nitrogen and oxygen atoms in total. The Morgan fingerprint density at radius 2 is 1.93 bits per heavy atom. The number of hydrogen-bond donors (Lipinski definition) is 1. The van der Waals surface area contributed by atoms with Crippen molar-refractivity contribution in [1.82, 2.24) is 4.31 Å². The molecule has 0 saturated carbocycles. The Balaban J connectivity index is 1.58. The zero-order valence-corrected chi connectivity index (χ0v) is 17.9. The molecule has 7 heteroatoms. The van der Waals surface area contributed by atoms with Gasteiger partial charge in [0.25, 0.3) is 5.91 Å². The van der Waals surface area contributed by atoms with Crippen molar-refractivity contribution in [2.45, 2.75) is 31.7 Å². The first-order chi connectivity index (χ1) is 13.8. The molecular formula is C22H22N2O3S2. The van der Waals surface area contributed by atoms with E-state index in [9.17, 15) is 13.2 Å². The minimum atomic E-state index is -3.67. The lowest BCUT2D eigenvalue weighted by atomic mass is 10.1. The van der Waals surface area contributed by atoms with E-state index in [-0.39, 0.29) is 10.8 Å². The predicted molar refractivity (Wildman–Crippen MR) is 116 cm³/mol. The third-order valence-corrected chi connectivity index (χ3v) is 8.01. The highest BCUT2D eigenvalue weighted by atomic mass is 32.2. The largest absolute Gasteiger partial charge is 0.322 e. The molecule has 0 saturated heterocycles. The SMILES string of the molecule is Cc1ccc(C)c(NC(=O)c2cccc(S(=O)(=O)N3CCc4sccc4C3)c2)c1. The molecule has 1 N–H and O–H groups in total. The number of carbonyl (C=O) groups excluding carboxylic acids is 1. The Hall–Kier alpha value is -2.48. The van der Waals surface area contributed by atoms with Crippen LogP contribution in [0.25, 0.3) is 0 Å². The number of aryl methyl sites for hydroxylation is 2. The van der Waals surface area contributed by atoms with Gasteiger partial charge in [-0.3, -0.25) is 4.79 Å². The highest BCUT2D eigenvalue weighted by Gasteiger charge is 2.29. The van der Waals surface area contributed by atoms with Gasteiger partial charge in [0.1, 0.15) is 0 Å². The van der Waals surface area contributed by atoms with Gasteiger partial charge in [0.2, 0.25) is 10.0 Å². The van der Waals surface area contributed by atoms with Gasteiger partial charge in [0.15, 0.2) is 0 Å². The summed E-state index contributed by atoms with van der Waals surface area (Å²) >= 11 is 1.67. The maximum absolute atomic E-state index is 13.1. The molecule has 3 aromatic rings. The second-order valence-electron chi connectivity index (χ2n) is 7.26. The van der Waals surface area contributed by atoms with E-state index in [0.29, 0.717) is 18.7 Å². The lowest BCUT2D eigenvalue weighted by Gasteiger charge is -2.26. The summed E-state index contributed by atoms with van der Waals surface area (Å²) < 4.78 is 27.8. The van der Waals surface area contributed by atoms with Crippen molar-refractivity contribution in [1.29, 1.82) is 0 Å². The van der Waals surface area contributed by atoms with Crippen LogP contribution in [0.4, 0.5) is 5.69 Å². The van der Waals surface area contributed by atoms with E-state index in [1.807, 2.05) is 43.5 Å². The first-order valence-electron chi connectivity index (χ1n) is 9.38. The number of amides is 1. The second kappa shape index (κ2) is 7.74. The summed E-state index contributed by atoms with van der Waals surface area (Å²) in [6, 6.07) is 14.1. The van der Waals surface area contributed by atoms with Crippen LogP contribution in [0.5, 0.6) is 0 Å². The maximum atomic E-state index is 13.1. The molecule has 0 bridgehead atoms. The van der Waals surface area contributed by atoms with Crippen LogP contribution in [0.2, 0.25) is 0 Å². The second-order valence-corrected chi connectivity index (χ2v) is 10.2. The van der Waals surface area contributed by atoms with E-state index in [4.69, 9.17) is 0 Å². The van der Waals surface area contributed by atoms with E-state index >= 15 is 0 Å². The Morgan fingerprint density at radius 1 is 1.10 bits per heavy atom. The number of carbonyl (C=O) groups is 1. The van der Waals surface area contributed by atoms with Crippen LogP contribution in [0.15, 0.2) is 58.8 Å². The molecule has 0 spiro atoms. The van der Waals surface area contributed by atoms with E-state index in [1.54, 1.807) is 29.5 Å². The van der Waals surface area contributed by atoms with Crippen LogP contribution in [-0.4, -0.2) is 25.2 Å². The van der Waals surface area contributed by atoms with Gasteiger partial charge in [0, 0.05) is 29.2 Å². The quantitative estimate of drug-likeness (QED) is 0.674. The molecule has 0 fully saturated rings. The van der Waals surface area contributed by atoms with E-state index in [2.05, 4.69) is 5.32 Å². The van der Waals surface area contributed by atoms with Gasteiger partial charge >= 0.3 is 0 Å². The molecule has 1 aliphatic rings. The molecule has 0 radical (unpaired) electrons. The van der Waals surface area contributed by atoms with Gasteiger partial charge in [-0.2, -0.15) is 4.31 Å². The van der Waals surface area contributed by atoms with Gasteiger partial charge < -0.3 is 5.32 Å². The van der Waals surface area contributed by atoms with Gasteiger partial charge in [-0.1, -0.05) is 18.2 Å². The van der Waals surface area contributed by atoms with Crippen LogP contribution < -0.4 is 5.32 Å². The Bertz CT molecular complexity index is 1180. The van der Waals surface area contributed by atoms with Gasteiger partial charge in [-0.05, 0) is 72.7 Å². The molecule has 1 aliphatic heterocycles. The minimum Gasteiger partial charge on any atom is -0.322 e. The molecule has 1 aromatic heterocycles. The van der Waals surface area contributed by atoms with Crippen LogP contribution in [-0.2, 0) is 23.0 Å². The first kappa shape index (κ1) is 19.8. The van der Waals surface area contributed by atoms with Gasteiger partial charge in [0.05, 0.1) is 4.90 Å². The van der Waals surface area contributed by atoms with E-state index < -0.39 is 10.0 Å². The fourth-order valence-corrected chi connectivity index (χ4v) is 5.79. The predicted octanol–water partition coefficient (Wildman–Crippen LogP) is 4.36. The Morgan fingerprint density at radius 3 is 2.76 bits per heavy atom. The number of fused-ring (bicyclic) bond motifs is 1. The van der Waals surface area contributed by atoms with Crippen LogP contribution in [0.1, 0.15) is 31.9 Å². The van der Waals surface area contributed by atoms with Crippen molar-refractivity contribution in [2.24, 2.45) is 0 Å². The maximum Gasteiger partial charge on any atom is 0.255 e. The molecule has 29 heavy (non-hydrogen) atoms. The van der Waals surface area contributed by atoms with Crippen molar-refractivity contribution >= 4 is 33.0 Å². The summed E-state index contributed by atoms with van der Waals surface area (Å²) in [5, 5.41) is 4.89. The van der Waals surface area contributed by atoms with Crippen molar-refractivity contribution in [3.05, 3.63) is 81.0 Å². The monoisotopic (exact) mass is 426 g/mol. The van der Waals surface area contributed by atoms with Gasteiger partial charge in [-0.25, -0.2) is 8.42 Å². The normalized spacial score (nSPS) is 14.4. The first-order valence-corrected chi connectivity index (χ1v) is 11.7. The zero-order valence-electron chi connectivity index (χ0n) is 16.3. The Kier molecular flexibility index (Phi) is 5.29. The molecule has 2 aromatic carbocycles. The summed E-state index contributed by atoms with van der Waals surface area (Å²) in [5.41, 5.74) is 4.10. The van der Waals surface area contributed by atoms with Crippen molar-refractivity contribution in [2.75, 3.05) is 11.9 Å². The minimum absolute atomic E-state index is 0.143. The fraction of sp³-hybridized carbons (Fsp3) is 0.227. The number of hydrogen-bond acceptors (Lipinski definition) is 4. The molecule has 0 aliphatic carbocycles. The van der Waals surface area contributed by atoms with E-state index in [1.165, 1.54) is 15.2 Å². The zero-order chi connectivity index (χ0) is 20.6. The van der Waals surface area contributed by atoms with Crippen LogP contribution >= 0.6 is 11.3 Å². The average Bonchev–Trinajstić information content (AvgIpc) is 3.18. The Labute approximate surface area is 175 Å². The number of rotatable bonds is 4. The molecule has 0 unspecified atom stereocenters. The number of sulfonamides is 1. The van der Waals surface area contributed by atoms with Crippen molar-refractivity contribution in [3.8, 4) is 0 Å². The third-order valence-electron chi connectivity index (χ3n) is 5.15. The molecule has 150 valence electrons. The number of anilines is 1. The highest BCUT2D eigenvalue weighted by molar-refractivity contribution is 7.89. The number of thiophene rings is 1. The lowest BCUT2D eigenvalue weighted by molar-refractivity contribution is 0.102. The molecular weight excluding hydrogens is 404 g/mol.